The molecule has 6 heteroatoms. The lowest BCUT2D eigenvalue weighted by Gasteiger charge is -2.17. The molecule has 1 aliphatic heterocycles. The van der Waals surface area contributed by atoms with Gasteiger partial charge in [-0.1, -0.05) is 6.07 Å². The molecule has 0 amide bonds. The molecule has 0 fully saturated rings. The van der Waals surface area contributed by atoms with Crippen molar-refractivity contribution in [1.29, 1.82) is 0 Å². The summed E-state index contributed by atoms with van der Waals surface area (Å²) in [7, 11) is 0. The molecule has 0 N–H and O–H groups in total. The van der Waals surface area contributed by atoms with Gasteiger partial charge in [0.2, 0.25) is 0 Å². The van der Waals surface area contributed by atoms with Crippen molar-refractivity contribution in [3.8, 4) is 0 Å². The molecule has 0 aliphatic carbocycles. The highest BCUT2D eigenvalue weighted by molar-refractivity contribution is 5.78. The Morgan fingerprint density at radius 3 is 3.00 bits per heavy atom. The van der Waals surface area contributed by atoms with Crippen molar-refractivity contribution >= 4 is 17.3 Å². The van der Waals surface area contributed by atoms with Crippen LogP contribution in [0.2, 0.25) is 0 Å². The summed E-state index contributed by atoms with van der Waals surface area (Å²) in [5.74, 6) is -0.308. The number of nitrogens with zero attached hydrogens (tertiary/aromatic N) is 2. The van der Waals surface area contributed by atoms with E-state index in [2.05, 4.69) is 0 Å². The number of nitro benzene ring substituents is 1. The van der Waals surface area contributed by atoms with Gasteiger partial charge in [0.05, 0.1) is 17.1 Å². The third-order valence-corrected chi connectivity index (χ3v) is 2.92. The first-order chi connectivity index (χ1) is 8.63. The Balaban J connectivity index is 2.21. The summed E-state index contributed by atoms with van der Waals surface area (Å²) in [6.07, 6.45) is 0.589. The first-order valence-electron chi connectivity index (χ1n) is 5.80. The fraction of sp³-hybridized carbons (Fsp3) is 0.417. The molecule has 6 nitrogen and oxygen atoms in total. The maximum Gasteiger partial charge on any atom is 0.325 e. The van der Waals surface area contributed by atoms with Gasteiger partial charge in [-0.3, -0.25) is 14.9 Å². The van der Waals surface area contributed by atoms with E-state index < -0.39 is 0 Å². The highest BCUT2D eigenvalue weighted by atomic mass is 16.6. The SMILES string of the molecule is CCOC(=O)CN1CCc2c1cccc2[N+](=O)[O-]. The lowest BCUT2D eigenvalue weighted by Crippen LogP contribution is -2.29. The second-order valence-corrected chi connectivity index (χ2v) is 4.01. The van der Waals surface area contributed by atoms with Gasteiger partial charge in [0.15, 0.2) is 0 Å². The van der Waals surface area contributed by atoms with Gasteiger partial charge in [0, 0.05) is 18.3 Å². The maximum atomic E-state index is 11.4. The Morgan fingerprint density at radius 1 is 1.56 bits per heavy atom. The van der Waals surface area contributed by atoms with Gasteiger partial charge in [0.25, 0.3) is 5.69 Å². The van der Waals surface area contributed by atoms with E-state index in [-0.39, 0.29) is 23.1 Å². The van der Waals surface area contributed by atoms with Gasteiger partial charge in [-0.15, -0.1) is 0 Å². The van der Waals surface area contributed by atoms with E-state index in [0.717, 1.165) is 5.69 Å². The van der Waals surface area contributed by atoms with Gasteiger partial charge >= 0.3 is 5.97 Å². The lowest BCUT2D eigenvalue weighted by atomic mass is 10.1. The molecule has 1 aromatic carbocycles. The van der Waals surface area contributed by atoms with Crippen LogP contribution in [0.5, 0.6) is 0 Å². The third kappa shape index (κ3) is 2.27. The molecular weight excluding hydrogens is 236 g/mol. The zero-order valence-electron chi connectivity index (χ0n) is 10.1. The van der Waals surface area contributed by atoms with E-state index in [1.165, 1.54) is 6.07 Å². The normalized spacial score (nSPS) is 13.3. The minimum atomic E-state index is -0.382. The summed E-state index contributed by atoms with van der Waals surface area (Å²) >= 11 is 0. The summed E-state index contributed by atoms with van der Waals surface area (Å²) in [5.41, 5.74) is 1.59. The molecule has 0 aromatic heterocycles. The fourth-order valence-electron chi connectivity index (χ4n) is 2.18. The third-order valence-electron chi connectivity index (χ3n) is 2.92. The number of carbonyl (C=O) groups excluding carboxylic acids is 1. The van der Waals surface area contributed by atoms with Crippen molar-refractivity contribution in [2.24, 2.45) is 0 Å². The van der Waals surface area contributed by atoms with Gasteiger partial charge in [0.1, 0.15) is 6.54 Å². The lowest BCUT2D eigenvalue weighted by molar-refractivity contribution is -0.385. The van der Waals surface area contributed by atoms with Crippen molar-refractivity contribution in [1.82, 2.24) is 0 Å². The molecular formula is C12H14N2O4. The van der Waals surface area contributed by atoms with E-state index in [1.807, 2.05) is 4.90 Å². The number of hydrogen-bond acceptors (Lipinski definition) is 5. The number of anilines is 1. The first kappa shape index (κ1) is 12.3. The van der Waals surface area contributed by atoms with Crippen LogP contribution in [0.3, 0.4) is 0 Å². The van der Waals surface area contributed by atoms with Crippen LogP contribution in [0.25, 0.3) is 0 Å². The highest BCUT2D eigenvalue weighted by Crippen LogP contribution is 2.34. The number of carbonyl (C=O) groups is 1. The van der Waals surface area contributed by atoms with Crippen LogP contribution in [0, 0.1) is 10.1 Å². The number of rotatable bonds is 4. The van der Waals surface area contributed by atoms with Crippen LogP contribution < -0.4 is 4.90 Å². The van der Waals surface area contributed by atoms with Crippen LogP contribution in [-0.2, 0) is 16.0 Å². The molecule has 2 rings (SSSR count). The molecule has 0 saturated heterocycles. The standard InChI is InChI=1S/C12H14N2O4/c1-2-18-12(15)8-13-7-6-9-10(13)4-3-5-11(9)14(16)17/h3-5H,2,6-8H2,1H3. The Morgan fingerprint density at radius 2 is 2.33 bits per heavy atom. The van der Waals surface area contributed by atoms with Crippen molar-refractivity contribution < 1.29 is 14.5 Å². The summed E-state index contributed by atoms with van der Waals surface area (Å²) in [6, 6.07) is 4.93. The summed E-state index contributed by atoms with van der Waals surface area (Å²) in [4.78, 5) is 23.8. The van der Waals surface area contributed by atoms with Gasteiger partial charge in [-0.2, -0.15) is 0 Å². The molecule has 18 heavy (non-hydrogen) atoms. The zero-order valence-corrected chi connectivity index (χ0v) is 10.1. The summed E-state index contributed by atoms with van der Waals surface area (Å²) in [6.45, 7) is 2.84. The Kier molecular flexibility index (Phi) is 3.45. The second-order valence-electron chi connectivity index (χ2n) is 4.01. The minimum absolute atomic E-state index is 0.124. The van der Waals surface area contributed by atoms with Crippen molar-refractivity contribution in [3.05, 3.63) is 33.9 Å². The quantitative estimate of drug-likeness (QED) is 0.460. The number of ether oxygens (including phenoxy) is 1. The molecule has 0 spiro atoms. The minimum Gasteiger partial charge on any atom is -0.465 e. The first-order valence-corrected chi connectivity index (χ1v) is 5.80. The van der Waals surface area contributed by atoms with E-state index in [0.29, 0.717) is 25.1 Å². The van der Waals surface area contributed by atoms with E-state index >= 15 is 0 Å². The smallest absolute Gasteiger partial charge is 0.325 e. The van der Waals surface area contributed by atoms with Gasteiger partial charge < -0.3 is 9.64 Å². The predicted molar refractivity (Wildman–Crippen MR) is 65.6 cm³/mol. The van der Waals surface area contributed by atoms with E-state index in [1.54, 1.807) is 19.1 Å². The highest BCUT2D eigenvalue weighted by Gasteiger charge is 2.27. The van der Waals surface area contributed by atoms with Crippen molar-refractivity contribution in [2.45, 2.75) is 13.3 Å². The van der Waals surface area contributed by atoms with Crippen molar-refractivity contribution in [3.63, 3.8) is 0 Å². The molecule has 0 radical (unpaired) electrons. The number of hydrogen-bond donors (Lipinski definition) is 0. The molecule has 1 aromatic rings. The molecule has 0 unspecified atom stereocenters. The van der Waals surface area contributed by atoms with Crippen LogP contribution in [0.1, 0.15) is 12.5 Å². The molecule has 0 saturated carbocycles. The molecule has 1 heterocycles. The average molecular weight is 250 g/mol. The van der Waals surface area contributed by atoms with Crippen LogP contribution in [-0.4, -0.2) is 30.6 Å². The van der Waals surface area contributed by atoms with E-state index in [9.17, 15) is 14.9 Å². The van der Waals surface area contributed by atoms with Crippen molar-refractivity contribution in [2.75, 3.05) is 24.6 Å². The van der Waals surface area contributed by atoms with E-state index in [4.69, 9.17) is 4.74 Å². The monoisotopic (exact) mass is 250 g/mol. The second kappa shape index (κ2) is 5.03. The van der Waals surface area contributed by atoms with Crippen LogP contribution >= 0.6 is 0 Å². The fourth-order valence-corrected chi connectivity index (χ4v) is 2.18. The number of benzene rings is 1. The van der Waals surface area contributed by atoms with Crippen LogP contribution in [0.4, 0.5) is 11.4 Å². The van der Waals surface area contributed by atoms with Crippen LogP contribution in [0.15, 0.2) is 18.2 Å². The topological polar surface area (TPSA) is 72.7 Å². The molecule has 96 valence electrons. The Labute approximate surface area is 104 Å². The molecule has 0 bridgehead atoms. The molecule has 0 atom stereocenters. The summed E-state index contributed by atoms with van der Waals surface area (Å²) in [5, 5.41) is 10.9. The summed E-state index contributed by atoms with van der Waals surface area (Å²) < 4.78 is 4.88. The maximum absolute atomic E-state index is 11.4. The number of esters is 1. The Bertz CT molecular complexity index is 487. The average Bonchev–Trinajstić information content (AvgIpc) is 2.72. The zero-order chi connectivity index (χ0) is 13.1. The Hall–Kier alpha value is -2.11. The van der Waals surface area contributed by atoms with Gasteiger partial charge in [-0.25, -0.2) is 0 Å². The number of fused-ring (bicyclic) bond motifs is 1. The predicted octanol–water partition coefficient (Wildman–Crippen LogP) is 1.52. The van der Waals surface area contributed by atoms with Gasteiger partial charge in [-0.05, 0) is 19.4 Å². The largest absolute Gasteiger partial charge is 0.465 e. The number of nitro groups is 1. The molecule has 1 aliphatic rings.